The van der Waals surface area contributed by atoms with Gasteiger partial charge in [0.15, 0.2) is 23.1 Å². The smallest absolute Gasteiger partial charge is 0.350 e. The second-order valence-corrected chi connectivity index (χ2v) is 17.4. The molecule has 5 aliphatic carbocycles. The summed E-state index contributed by atoms with van der Waals surface area (Å²) in [6.07, 6.45) is 23.9. The van der Waals surface area contributed by atoms with Crippen LogP contribution < -0.4 is 27.4 Å². The molecule has 3 saturated carbocycles. The van der Waals surface area contributed by atoms with E-state index in [-0.39, 0.29) is 54.7 Å². The third-order valence-electron chi connectivity index (χ3n) is 14.0. The van der Waals surface area contributed by atoms with Gasteiger partial charge in [0, 0.05) is 43.3 Å². The largest absolute Gasteiger partial charge is 0.463 e. The van der Waals surface area contributed by atoms with Gasteiger partial charge in [-0.25, -0.2) is 4.79 Å². The van der Waals surface area contributed by atoms with E-state index in [9.17, 15) is 14.4 Å². The van der Waals surface area contributed by atoms with Crippen LogP contribution in [0.3, 0.4) is 0 Å². The number of rotatable bonds is 12. The van der Waals surface area contributed by atoms with Crippen molar-refractivity contribution in [1.82, 2.24) is 16.0 Å². The number of ketones is 2. The van der Waals surface area contributed by atoms with Crippen molar-refractivity contribution in [3.8, 4) is 0 Å². The Hall–Kier alpha value is -2.86. The molecule has 0 bridgehead atoms. The molecule has 0 aromatic rings. The topological polar surface area (TPSA) is 173 Å². The van der Waals surface area contributed by atoms with Crippen LogP contribution in [-0.2, 0) is 23.9 Å². The number of nitrogens with zero attached hydrogens (tertiary/aromatic N) is 1. The van der Waals surface area contributed by atoms with E-state index in [1.165, 1.54) is 37.7 Å². The van der Waals surface area contributed by atoms with Crippen molar-refractivity contribution >= 4 is 23.5 Å². The van der Waals surface area contributed by atoms with Gasteiger partial charge >= 0.3 is 5.97 Å². The molecule has 7 rings (SSSR count). The molecule has 11 nitrogen and oxygen atoms in total. The number of epoxide rings is 1. The van der Waals surface area contributed by atoms with Gasteiger partial charge in [-0.3, -0.25) is 14.6 Å². The number of ether oxygens (including phenoxy) is 2. The van der Waals surface area contributed by atoms with Crippen LogP contribution in [0, 0.1) is 35.5 Å². The van der Waals surface area contributed by atoms with Crippen LogP contribution in [0.15, 0.2) is 40.4 Å². The molecule has 53 heavy (non-hydrogen) atoms. The van der Waals surface area contributed by atoms with Gasteiger partial charge in [0.25, 0.3) is 5.60 Å². The zero-order valence-electron chi connectivity index (χ0n) is 32.1. The third-order valence-corrected chi connectivity index (χ3v) is 14.0. The maximum Gasteiger partial charge on any atom is 0.350 e. The Bertz CT molecular complexity index is 1500. The molecule has 2 saturated heterocycles. The summed E-state index contributed by atoms with van der Waals surface area (Å²) in [5, 5.41) is 10.6. The van der Waals surface area contributed by atoms with Crippen LogP contribution in [0.2, 0.25) is 0 Å². The van der Waals surface area contributed by atoms with Crippen molar-refractivity contribution in [3.63, 3.8) is 0 Å². The Labute approximate surface area is 316 Å². The molecule has 292 valence electrons. The number of aliphatic imine (C=N–C) groups is 1. The van der Waals surface area contributed by atoms with E-state index in [2.05, 4.69) is 39.2 Å². The van der Waals surface area contributed by atoms with Crippen molar-refractivity contribution < 1.29 is 23.9 Å². The van der Waals surface area contributed by atoms with E-state index in [0.717, 1.165) is 63.6 Å². The fourth-order valence-electron chi connectivity index (χ4n) is 10.8. The molecule has 0 amide bonds. The first-order valence-electron chi connectivity index (χ1n) is 20.9. The number of carbonyl (C=O) groups is 3. The maximum absolute atomic E-state index is 14.4. The highest BCUT2D eigenvalue weighted by atomic mass is 16.7. The summed E-state index contributed by atoms with van der Waals surface area (Å²) in [5.74, 6) is -0.0769. The molecule has 0 spiro atoms. The number of esters is 1. The number of guanidine groups is 1. The second-order valence-electron chi connectivity index (χ2n) is 17.4. The second kappa shape index (κ2) is 16.5. The lowest BCUT2D eigenvalue weighted by atomic mass is 9.61. The van der Waals surface area contributed by atoms with Crippen molar-refractivity contribution in [3.05, 3.63) is 35.5 Å². The number of carbonyl (C=O) groups excluding carboxylic acids is 3. The minimum Gasteiger partial charge on any atom is -0.463 e. The quantitative estimate of drug-likeness (QED) is 0.0485. The lowest BCUT2D eigenvalue weighted by molar-refractivity contribution is -0.160. The van der Waals surface area contributed by atoms with Crippen molar-refractivity contribution in [1.29, 1.82) is 0 Å². The molecular formula is C42H64N6O5. The molecule has 10 atom stereocenters. The minimum absolute atomic E-state index is 0.00811. The SMILES string of the molecule is CN=C(N)NC(CC(C)=CCC12OC1(C(=O)OCC1CC3CCC=CC3=CC1NCC1CCCCC1)C(=O)C1CCCCC1C2=O)C1CCNC(N)C1. The summed E-state index contributed by atoms with van der Waals surface area (Å²) < 4.78 is 12.6. The van der Waals surface area contributed by atoms with Crippen LogP contribution in [0.1, 0.15) is 110 Å². The summed E-state index contributed by atoms with van der Waals surface area (Å²) in [6.45, 7) is 4.01. The molecule has 0 radical (unpaired) electrons. The lowest BCUT2D eigenvalue weighted by Gasteiger charge is -2.38. The van der Waals surface area contributed by atoms with E-state index in [0.29, 0.717) is 37.1 Å². The van der Waals surface area contributed by atoms with Crippen molar-refractivity contribution in [2.75, 3.05) is 26.7 Å². The first kappa shape index (κ1) is 38.4. The van der Waals surface area contributed by atoms with Crippen LogP contribution >= 0.6 is 0 Å². The number of hydrogen-bond acceptors (Lipinski definition) is 9. The number of fused-ring (bicyclic) bond motifs is 3. The van der Waals surface area contributed by atoms with Crippen molar-refractivity contribution in [2.24, 2.45) is 52.0 Å². The highest BCUT2D eigenvalue weighted by Crippen LogP contribution is 2.61. The van der Waals surface area contributed by atoms with Gasteiger partial charge in [-0.15, -0.1) is 0 Å². The molecule has 2 aliphatic heterocycles. The Morgan fingerprint density at radius 1 is 1.08 bits per heavy atom. The number of nitrogens with one attached hydrogen (secondary N) is 3. The van der Waals surface area contributed by atoms with Crippen LogP contribution in [0.4, 0.5) is 0 Å². The number of Topliss-reactive ketones (excluding diaryl/α,β-unsaturated/α-hetero) is 2. The molecule has 0 aromatic heterocycles. The molecule has 2 heterocycles. The number of allylic oxidation sites excluding steroid dienone is 3. The van der Waals surface area contributed by atoms with Gasteiger partial charge in [0.1, 0.15) is 0 Å². The highest BCUT2D eigenvalue weighted by Gasteiger charge is 2.86. The van der Waals surface area contributed by atoms with Gasteiger partial charge in [0.2, 0.25) is 0 Å². The predicted octanol–water partition coefficient (Wildman–Crippen LogP) is 4.36. The third kappa shape index (κ3) is 7.82. The van der Waals surface area contributed by atoms with Gasteiger partial charge in [-0.2, -0.15) is 0 Å². The van der Waals surface area contributed by atoms with Gasteiger partial charge in [0.05, 0.1) is 12.8 Å². The van der Waals surface area contributed by atoms with E-state index in [1.807, 2.05) is 13.0 Å². The van der Waals surface area contributed by atoms with Crippen LogP contribution in [0.5, 0.6) is 0 Å². The van der Waals surface area contributed by atoms with E-state index in [1.54, 1.807) is 7.05 Å². The molecular weight excluding hydrogens is 668 g/mol. The predicted molar refractivity (Wildman–Crippen MR) is 206 cm³/mol. The van der Waals surface area contributed by atoms with E-state index < -0.39 is 29.0 Å². The monoisotopic (exact) mass is 732 g/mol. The molecule has 10 unspecified atom stereocenters. The van der Waals surface area contributed by atoms with Crippen LogP contribution in [-0.4, -0.2) is 79.7 Å². The number of hydrogen-bond donors (Lipinski definition) is 5. The fraction of sp³-hybridized carbons (Fsp3) is 0.762. The first-order chi connectivity index (χ1) is 25.6. The molecule has 7 N–H and O–H groups in total. The minimum atomic E-state index is -1.87. The Morgan fingerprint density at radius 2 is 1.83 bits per heavy atom. The normalized spacial score (nSPS) is 38.2. The average molecular weight is 733 g/mol. The Kier molecular flexibility index (Phi) is 11.9. The lowest BCUT2D eigenvalue weighted by Crippen LogP contribution is -2.58. The summed E-state index contributed by atoms with van der Waals surface area (Å²) in [7, 11) is 1.66. The standard InChI is InChI=1S/C42H64N6O5/c1-26(20-35(48-40(44)45-2)30-17-19-46-36(43)23-30)16-18-41-37(49)32-14-8-9-15-33(32)38(50)42(41,53-41)39(51)52-25-31-21-28-12-6-7-13-29(28)22-34(31)47-24-27-10-4-3-5-11-27/h7,13,16,22,27-28,30-36,46-47H,3-6,8-12,14-15,17-21,23-25,43H2,1-2H3,(H3,44,45,48). The van der Waals surface area contributed by atoms with E-state index >= 15 is 0 Å². The molecule has 0 aromatic carbocycles. The molecule has 7 aliphatic rings. The van der Waals surface area contributed by atoms with Crippen LogP contribution in [0.25, 0.3) is 0 Å². The molecule has 5 fully saturated rings. The zero-order chi connectivity index (χ0) is 37.2. The maximum atomic E-state index is 14.4. The van der Waals surface area contributed by atoms with Gasteiger partial charge in [-0.05, 0) is 108 Å². The zero-order valence-corrected chi connectivity index (χ0v) is 32.1. The Balaban J connectivity index is 1.08. The number of piperidine rings is 1. The summed E-state index contributed by atoms with van der Waals surface area (Å²) in [4.78, 5) is 47.4. The summed E-state index contributed by atoms with van der Waals surface area (Å²) in [5.41, 5.74) is 11.4. The summed E-state index contributed by atoms with van der Waals surface area (Å²) in [6, 6.07) is 0.0761. The number of nitrogens with two attached hydrogens (primary N) is 2. The van der Waals surface area contributed by atoms with Gasteiger partial charge < -0.3 is 36.9 Å². The molecule has 11 heteroatoms. The highest BCUT2D eigenvalue weighted by molar-refractivity contribution is 6.23. The van der Waals surface area contributed by atoms with Gasteiger partial charge in [-0.1, -0.05) is 62.0 Å². The Morgan fingerprint density at radius 3 is 2.58 bits per heavy atom. The summed E-state index contributed by atoms with van der Waals surface area (Å²) >= 11 is 0. The van der Waals surface area contributed by atoms with E-state index in [4.69, 9.17) is 20.9 Å². The first-order valence-corrected chi connectivity index (χ1v) is 20.9. The van der Waals surface area contributed by atoms with Crippen molar-refractivity contribution in [2.45, 2.75) is 139 Å². The fourth-order valence-corrected chi connectivity index (χ4v) is 10.8. The average Bonchev–Trinajstić information content (AvgIpc) is 3.89.